The standard InChI is InChI=1S/C14H13FN2O4/c15-8-2-3-9-10(14(20)21)7-12(17-11(9)6-8)13(19)16-4-1-5-18/h2-3,6-7,18H,1,4-5H2,(H,16,19)(H,20,21). The van der Waals surface area contributed by atoms with Crippen molar-refractivity contribution in [3.63, 3.8) is 0 Å². The lowest BCUT2D eigenvalue weighted by Gasteiger charge is -2.07. The van der Waals surface area contributed by atoms with Gasteiger partial charge in [-0.05, 0) is 24.6 Å². The summed E-state index contributed by atoms with van der Waals surface area (Å²) in [6.45, 7) is 0.164. The minimum absolute atomic E-state index is 0.0724. The van der Waals surface area contributed by atoms with E-state index >= 15 is 0 Å². The molecule has 0 saturated heterocycles. The van der Waals surface area contributed by atoms with Crippen LogP contribution in [0.15, 0.2) is 24.3 Å². The Bertz CT molecular complexity index is 703. The SMILES string of the molecule is O=C(NCCCO)c1cc(C(=O)O)c2ccc(F)cc2n1. The Morgan fingerprint density at radius 1 is 1.29 bits per heavy atom. The molecule has 0 unspecified atom stereocenters. The zero-order chi connectivity index (χ0) is 15.4. The number of amides is 1. The number of carboxylic acids is 1. The van der Waals surface area contributed by atoms with Crippen LogP contribution in [0.2, 0.25) is 0 Å². The third-order valence-electron chi connectivity index (χ3n) is 2.86. The van der Waals surface area contributed by atoms with Gasteiger partial charge in [0, 0.05) is 24.6 Å². The molecule has 2 rings (SSSR count). The van der Waals surface area contributed by atoms with Gasteiger partial charge in [0.05, 0.1) is 11.1 Å². The molecular weight excluding hydrogens is 279 g/mol. The van der Waals surface area contributed by atoms with E-state index in [9.17, 15) is 19.1 Å². The predicted octanol–water partition coefficient (Wildman–Crippen LogP) is 1.18. The van der Waals surface area contributed by atoms with Crippen LogP contribution in [0.3, 0.4) is 0 Å². The van der Waals surface area contributed by atoms with E-state index in [4.69, 9.17) is 5.11 Å². The third kappa shape index (κ3) is 3.32. The second kappa shape index (κ2) is 6.27. The van der Waals surface area contributed by atoms with Gasteiger partial charge in [-0.2, -0.15) is 0 Å². The first-order valence-corrected chi connectivity index (χ1v) is 6.25. The van der Waals surface area contributed by atoms with Gasteiger partial charge in [0.1, 0.15) is 11.5 Å². The van der Waals surface area contributed by atoms with Gasteiger partial charge in [0.2, 0.25) is 0 Å². The lowest BCUT2D eigenvalue weighted by Crippen LogP contribution is -2.26. The first-order valence-electron chi connectivity index (χ1n) is 6.25. The van der Waals surface area contributed by atoms with Gasteiger partial charge < -0.3 is 15.5 Å². The van der Waals surface area contributed by atoms with Crippen molar-refractivity contribution in [2.75, 3.05) is 13.2 Å². The summed E-state index contributed by atoms with van der Waals surface area (Å²) < 4.78 is 13.2. The number of hydrogen-bond donors (Lipinski definition) is 3. The Morgan fingerprint density at radius 2 is 2.05 bits per heavy atom. The number of hydrogen-bond acceptors (Lipinski definition) is 4. The summed E-state index contributed by atoms with van der Waals surface area (Å²) in [4.78, 5) is 27.1. The van der Waals surface area contributed by atoms with Gasteiger partial charge >= 0.3 is 5.97 Å². The number of aromatic carboxylic acids is 1. The fraction of sp³-hybridized carbons (Fsp3) is 0.214. The maximum absolute atomic E-state index is 13.2. The minimum atomic E-state index is -1.22. The predicted molar refractivity (Wildman–Crippen MR) is 72.7 cm³/mol. The molecule has 3 N–H and O–H groups in total. The fourth-order valence-corrected chi connectivity index (χ4v) is 1.87. The van der Waals surface area contributed by atoms with Gasteiger partial charge in [-0.25, -0.2) is 14.2 Å². The summed E-state index contributed by atoms with van der Waals surface area (Å²) in [5.41, 5.74) is -0.127. The number of aliphatic hydroxyl groups is 1. The molecule has 0 aliphatic carbocycles. The van der Waals surface area contributed by atoms with Crippen LogP contribution >= 0.6 is 0 Å². The topological polar surface area (TPSA) is 99.5 Å². The van der Waals surface area contributed by atoms with Crippen LogP contribution in [-0.4, -0.2) is 40.2 Å². The smallest absolute Gasteiger partial charge is 0.336 e. The van der Waals surface area contributed by atoms with E-state index in [1.807, 2.05) is 0 Å². The molecule has 21 heavy (non-hydrogen) atoms. The van der Waals surface area contributed by atoms with Gasteiger partial charge in [-0.15, -0.1) is 0 Å². The van der Waals surface area contributed by atoms with Gasteiger partial charge in [0.25, 0.3) is 5.91 Å². The molecule has 0 spiro atoms. The second-order valence-corrected chi connectivity index (χ2v) is 4.35. The largest absolute Gasteiger partial charge is 0.478 e. The molecule has 0 bridgehead atoms. The van der Waals surface area contributed by atoms with Gasteiger partial charge in [-0.1, -0.05) is 0 Å². The number of carbonyl (C=O) groups is 2. The maximum Gasteiger partial charge on any atom is 0.336 e. The molecule has 1 aromatic carbocycles. The average molecular weight is 292 g/mol. The summed E-state index contributed by atoms with van der Waals surface area (Å²) in [6, 6.07) is 4.68. The average Bonchev–Trinajstić information content (AvgIpc) is 2.45. The van der Waals surface area contributed by atoms with Crippen LogP contribution in [0, 0.1) is 5.82 Å². The van der Waals surface area contributed by atoms with Crippen molar-refractivity contribution >= 4 is 22.8 Å². The van der Waals surface area contributed by atoms with Crippen molar-refractivity contribution in [1.82, 2.24) is 10.3 Å². The maximum atomic E-state index is 13.2. The normalized spacial score (nSPS) is 10.6. The quantitative estimate of drug-likeness (QED) is 0.719. The summed E-state index contributed by atoms with van der Waals surface area (Å²) in [7, 11) is 0. The van der Waals surface area contributed by atoms with Crippen LogP contribution in [0.4, 0.5) is 4.39 Å². The van der Waals surface area contributed by atoms with Crippen LogP contribution in [0.1, 0.15) is 27.3 Å². The zero-order valence-electron chi connectivity index (χ0n) is 11.0. The molecule has 0 aliphatic heterocycles. The van der Waals surface area contributed by atoms with Crippen molar-refractivity contribution in [1.29, 1.82) is 0 Å². The zero-order valence-corrected chi connectivity index (χ0v) is 11.0. The summed E-state index contributed by atoms with van der Waals surface area (Å²) in [5.74, 6) is -2.36. The van der Waals surface area contributed by atoms with E-state index in [2.05, 4.69) is 10.3 Å². The summed E-state index contributed by atoms with van der Waals surface area (Å²) in [5, 5.41) is 20.6. The van der Waals surface area contributed by atoms with Crippen molar-refractivity contribution < 1.29 is 24.2 Å². The number of nitrogens with one attached hydrogen (secondary N) is 1. The fourth-order valence-electron chi connectivity index (χ4n) is 1.87. The monoisotopic (exact) mass is 292 g/mol. The number of rotatable bonds is 5. The molecule has 0 aliphatic rings. The van der Waals surface area contributed by atoms with Crippen molar-refractivity contribution in [2.45, 2.75) is 6.42 Å². The van der Waals surface area contributed by atoms with Crippen LogP contribution in [0.5, 0.6) is 0 Å². The molecule has 7 heteroatoms. The Labute approximate surface area is 119 Å². The highest BCUT2D eigenvalue weighted by Crippen LogP contribution is 2.20. The number of pyridine rings is 1. The molecule has 0 saturated carbocycles. The van der Waals surface area contributed by atoms with Crippen molar-refractivity contribution in [2.24, 2.45) is 0 Å². The Morgan fingerprint density at radius 3 is 2.71 bits per heavy atom. The molecule has 6 nitrogen and oxygen atoms in total. The number of aromatic nitrogens is 1. The highest BCUT2D eigenvalue weighted by Gasteiger charge is 2.16. The molecule has 1 heterocycles. The van der Waals surface area contributed by atoms with E-state index < -0.39 is 17.7 Å². The Kier molecular flexibility index (Phi) is 4.44. The van der Waals surface area contributed by atoms with Crippen molar-refractivity contribution in [3.8, 4) is 0 Å². The van der Waals surface area contributed by atoms with E-state index in [0.717, 1.165) is 18.2 Å². The number of benzene rings is 1. The molecule has 0 radical (unpaired) electrons. The van der Waals surface area contributed by atoms with E-state index in [1.54, 1.807) is 0 Å². The number of carboxylic acid groups (broad SMARTS) is 1. The van der Waals surface area contributed by atoms with Crippen LogP contribution < -0.4 is 5.32 Å². The van der Waals surface area contributed by atoms with Crippen molar-refractivity contribution in [3.05, 3.63) is 41.3 Å². The highest BCUT2D eigenvalue weighted by molar-refractivity contribution is 6.05. The molecule has 1 amide bonds. The number of halogens is 1. The van der Waals surface area contributed by atoms with Gasteiger partial charge in [-0.3, -0.25) is 4.79 Å². The Hall–Kier alpha value is -2.54. The van der Waals surface area contributed by atoms with E-state index in [-0.39, 0.29) is 35.3 Å². The molecular formula is C14H13FN2O4. The summed E-state index contributed by atoms with van der Waals surface area (Å²) >= 11 is 0. The molecule has 0 fully saturated rings. The molecule has 110 valence electrons. The molecule has 0 atom stereocenters. The van der Waals surface area contributed by atoms with Crippen LogP contribution in [0.25, 0.3) is 10.9 Å². The van der Waals surface area contributed by atoms with Gasteiger partial charge in [0.15, 0.2) is 0 Å². The highest BCUT2D eigenvalue weighted by atomic mass is 19.1. The lowest BCUT2D eigenvalue weighted by molar-refractivity contribution is 0.0699. The first kappa shape index (κ1) is 14.9. The minimum Gasteiger partial charge on any atom is -0.478 e. The lowest BCUT2D eigenvalue weighted by atomic mass is 10.1. The number of carbonyl (C=O) groups excluding carboxylic acids is 1. The van der Waals surface area contributed by atoms with E-state index in [0.29, 0.717) is 6.42 Å². The molecule has 2 aromatic rings. The molecule has 1 aromatic heterocycles. The van der Waals surface area contributed by atoms with E-state index in [1.165, 1.54) is 6.07 Å². The second-order valence-electron chi connectivity index (χ2n) is 4.35. The summed E-state index contributed by atoms with van der Waals surface area (Å²) in [6.07, 6.45) is 0.375. The van der Waals surface area contributed by atoms with Crippen LogP contribution in [-0.2, 0) is 0 Å². The number of nitrogens with zero attached hydrogens (tertiary/aromatic N) is 1. The first-order chi connectivity index (χ1) is 10.0. The number of aliphatic hydroxyl groups excluding tert-OH is 1. The Balaban J connectivity index is 2.45. The number of fused-ring (bicyclic) bond motifs is 1. The third-order valence-corrected chi connectivity index (χ3v) is 2.86.